The van der Waals surface area contributed by atoms with Crippen molar-refractivity contribution in [2.24, 2.45) is 0 Å². The van der Waals surface area contributed by atoms with E-state index in [1.54, 1.807) is 0 Å². The van der Waals surface area contributed by atoms with Crippen LogP contribution in [-0.4, -0.2) is 20.3 Å². The minimum atomic E-state index is 0.472. The predicted octanol–water partition coefficient (Wildman–Crippen LogP) is 1.75. The molecule has 2 heterocycles. The first-order chi connectivity index (χ1) is 7.78. The number of anilines is 1. The monoisotopic (exact) mass is 257 g/mol. The molecule has 0 saturated carbocycles. The third-order valence-corrected chi connectivity index (χ3v) is 3.60. The van der Waals surface area contributed by atoms with Gasteiger partial charge in [0.15, 0.2) is 10.2 Å². The fourth-order valence-electron chi connectivity index (χ4n) is 1.08. The standard InChI is InChI=1S/C8H11N5OS2/c1-2-3-5-10-6(14-13-5)4-15-8-12-11-7(9)16-8/h2-4H2,1H3,(H2,9,11). The molecule has 8 heteroatoms. The molecule has 0 atom stereocenters. The Balaban J connectivity index is 1.89. The summed E-state index contributed by atoms with van der Waals surface area (Å²) in [4.78, 5) is 4.25. The van der Waals surface area contributed by atoms with E-state index in [1.165, 1.54) is 23.1 Å². The number of hydrogen-bond acceptors (Lipinski definition) is 8. The van der Waals surface area contributed by atoms with Crippen LogP contribution < -0.4 is 5.73 Å². The average molecular weight is 257 g/mol. The molecule has 6 nitrogen and oxygen atoms in total. The fourth-order valence-corrected chi connectivity index (χ4v) is 2.55. The molecule has 2 aromatic rings. The van der Waals surface area contributed by atoms with Crippen molar-refractivity contribution in [2.45, 2.75) is 29.9 Å². The zero-order valence-electron chi connectivity index (χ0n) is 8.71. The molecule has 86 valence electrons. The van der Waals surface area contributed by atoms with Crippen LogP contribution in [0.3, 0.4) is 0 Å². The van der Waals surface area contributed by atoms with Crippen molar-refractivity contribution < 1.29 is 4.52 Å². The number of nitrogen functional groups attached to an aromatic ring is 1. The van der Waals surface area contributed by atoms with E-state index in [-0.39, 0.29) is 0 Å². The highest BCUT2D eigenvalue weighted by molar-refractivity contribution is 8.00. The Morgan fingerprint density at radius 2 is 2.31 bits per heavy atom. The Hall–Kier alpha value is -1.15. The van der Waals surface area contributed by atoms with E-state index < -0.39 is 0 Å². The summed E-state index contributed by atoms with van der Waals surface area (Å²) >= 11 is 2.85. The minimum absolute atomic E-state index is 0.472. The molecule has 2 aromatic heterocycles. The van der Waals surface area contributed by atoms with Crippen LogP contribution in [-0.2, 0) is 12.2 Å². The van der Waals surface area contributed by atoms with Crippen molar-refractivity contribution in [3.05, 3.63) is 11.7 Å². The van der Waals surface area contributed by atoms with Gasteiger partial charge in [-0.15, -0.1) is 10.2 Å². The molecule has 0 unspecified atom stereocenters. The summed E-state index contributed by atoms with van der Waals surface area (Å²) in [5.74, 6) is 1.97. The molecule has 2 N–H and O–H groups in total. The summed E-state index contributed by atoms with van der Waals surface area (Å²) in [5.41, 5.74) is 5.47. The third kappa shape index (κ3) is 2.92. The number of nitrogens with two attached hydrogens (primary N) is 1. The van der Waals surface area contributed by atoms with E-state index in [2.05, 4.69) is 27.3 Å². The molecule has 0 aliphatic rings. The van der Waals surface area contributed by atoms with Gasteiger partial charge in [0, 0.05) is 6.42 Å². The topological polar surface area (TPSA) is 90.7 Å². The third-order valence-electron chi connectivity index (χ3n) is 1.72. The summed E-state index contributed by atoms with van der Waals surface area (Å²) in [7, 11) is 0. The Kier molecular flexibility index (Phi) is 3.73. The lowest BCUT2D eigenvalue weighted by Crippen LogP contribution is -1.86. The molecule has 16 heavy (non-hydrogen) atoms. The highest BCUT2D eigenvalue weighted by Crippen LogP contribution is 2.26. The van der Waals surface area contributed by atoms with Crippen LogP contribution in [0.2, 0.25) is 0 Å². The van der Waals surface area contributed by atoms with Crippen molar-refractivity contribution in [3.63, 3.8) is 0 Å². The molecule has 0 fully saturated rings. The number of hydrogen-bond donors (Lipinski definition) is 1. The molecule has 0 amide bonds. The Labute approximate surface area is 101 Å². The number of nitrogens with zero attached hydrogens (tertiary/aromatic N) is 4. The number of aromatic nitrogens is 4. The molecular formula is C8H11N5OS2. The highest BCUT2D eigenvalue weighted by atomic mass is 32.2. The second-order valence-electron chi connectivity index (χ2n) is 3.05. The quantitative estimate of drug-likeness (QED) is 0.816. The van der Waals surface area contributed by atoms with Gasteiger partial charge in [0.25, 0.3) is 0 Å². The Morgan fingerprint density at radius 1 is 1.44 bits per heavy atom. The molecule has 0 spiro atoms. The van der Waals surface area contributed by atoms with Crippen LogP contribution in [0.5, 0.6) is 0 Å². The number of aryl methyl sites for hydroxylation is 1. The number of rotatable bonds is 5. The number of thioether (sulfide) groups is 1. The maximum atomic E-state index is 5.47. The maximum absolute atomic E-state index is 5.47. The van der Waals surface area contributed by atoms with Gasteiger partial charge in [-0.2, -0.15) is 4.98 Å². The maximum Gasteiger partial charge on any atom is 0.237 e. The molecule has 2 rings (SSSR count). The van der Waals surface area contributed by atoms with E-state index >= 15 is 0 Å². The van der Waals surface area contributed by atoms with Crippen molar-refractivity contribution in [2.75, 3.05) is 5.73 Å². The van der Waals surface area contributed by atoms with Gasteiger partial charge in [0.05, 0.1) is 5.75 Å². The van der Waals surface area contributed by atoms with Gasteiger partial charge < -0.3 is 10.3 Å². The van der Waals surface area contributed by atoms with Gasteiger partial charge in [-0.3, -0.25) is 0 Å². The summed E-state index contributed by atoms with van der Waals surface area (Å²) < 4.78 is 5.90. The summed E-state index contributed by atoms with van der Waals surface area (Å²) in [6.45, 7) is 2.08. The van der Waals surface area contributed by atoms with Crippen LogP contribution in [0, 0.1) is 0 Å². The van der Waals surface area contributed by atoms with E-state index in [1.807, 2.05) is 0 Å². The molecule has 0 bridgehead atoms. The molecule has 0 aliphatic heterocycles. The molecule has 0 saturated heterocycles. The fraction of sp³-hybridized carbons (Fsp3) is 0.500. The second-order valence-corrected chi connectivity index (χ2v) is 5.28. The summed E-state index contributed by atoms with van der Waals surface area (Å²) in [6.07, 6.45) is 1.86. The zero-order valence-corrected chi connectivity index (χ0v) is 10.3. The van der Waals surface area contributed by atoms with Crippen molar-refractivity contribution in [1.29, 1.82) is 0 Å². The Morgan fingerprint density at radius 3 is 3.00 bits per heavy atom. The summed E-state index contributed by atoms with van der Waals surface area (Å²) in [6, 6.07) is 0. The van der Waals surface area contributed by atoms with Gasteiger partial charge in [0.2, 0.25) is 11.0 Å². The van der Waals surface area contributed by atoms with Gasteiger partial charge in [0.1, 0.15) is 0 Å². The van der Waals surface area contributed by atoms with Crippen molar-refractivity contribution >= 4 is 28.2 Å². The molecule has 0 aliphatic carbocycles. The second kappa shape index (κ2) is 5.26. The highest BCUT2D eigenvalue weighted by Gasteiger charge is 2.08. The van der Waals surface area contributed by atoms with Crippen LogP contribution in [0.15, 0.2) is 8.86 Å². The van der Waals surface area contributed by atoms with Crippen LogP contribution in [0.1, 0.15) is 25.1 Å². The van der Waals surface area contributed by atoms with E-state index in [4.69, 9.17) is 10.3 Å². The van der Waals surface area contributed by atoms with Crippen molar-refractivity contribution in [3.8, 4) is 0 Å². The first-order valence-electron chi connectivity index (χ1n) is 4.81. The van der Waals surface area contributed by atoms with Gasteiger partial charge in [-0.25, -0.2) is 0 Å². The lowest BCUT2D eigenvalue weighted by Gasteiger charge is -1.88. The van der Waals surface area contributed by atoms with E-state index in [9.17, 15) is 0 Å². The van der Waals surface area contributed by atoms with E-state index in [0.29, 0.717) is 16.8 Å². The van der Waals surface area contributed by atoms with Gasteiger partial charge >= 0.3 is 0 Å². The first kappa shape index (κ1) is 11.3. The van der Waals surface area contributed by atoms with E-state index in [0.717, 1.165) is 23.0 Å². The largest absolute Gasteiger partial charge is 0.374 e. The summed E-state index contributed by atoms with van der Waals surface area (Å²) in [5, 5.41) is 12.0. The Bertz CT molecular complexity index is 455. The lowest BCUT2D eigenvalue weighted by atomic mass is 10.3. The molecular weight excluding hydrogens is 246 g/mol. The normalized spacial score (nSPS) is 10.8. The smallest absolute Gasteiger partial charge is 0.237 e. The van der Waals surface area contributed by atoms with Gasteiger partial charge in [-0.05, 0) is 6.42 Å². The molecule has 0 aromatic carbocycles. The van der Waals surface area contributed by atoms with Crippen LogP contribution >= 0.6 is 23.1 Å². The zero-order chi connectivity index (χ0) is 11.4. The van der Waals surface area contributed by atoms with Gasteiger partial charge in [-0.1, -0.05) is 35.2 Å². The van der Waals surface area contributed by atoms with Crippen LogP contribution in [0.4, 0.5) is 5.13 Å². The minimum Gasteiger partial charge on any atom is -0.374 e. The van der Waals surface area contributed by atoms with Crippen molar-refractivity contribution in [1.82, 2.24) is 20.3 Å². The first-order valence-corrected chi connectivity index (χ1v) is 6.61. The SMILES string of the molecule is CCCc1noc(CSc2nnc(N)s2)n1. The lowest BCUT2D eigenvalue weighted by molar-refractivity contribution is 0.384. The molecule has 0 radical (unpaired) electrons. The average Bonchev–Trinajstić information content (AvgIpc) is 2.85. The predicted molar refractivity (Wildman–Crippen MR) is 62.2 cm³/mol. The van der Waals surface area contributed by atoms with Crippen LogP contribution in [0.25, 0.3) is 0 Å².